The Morgan fingerprint density at radius 1 is 1.50 bits per heavy atom. The summed E-state index contributed by atoms with van der Waals surface area (Å²) in [5.74, 6) is 0.386. The molecular formula is C14H18ClNO2. The fourth-order valence-corrected chi connectivity index (χ4v) is 2.28. The molecule has 1 fully saturated rings. The van der Waals surface area contributed by atoms with E-state index >= 15 is 0 Å². The van der Waals surface area contributed by atoms with Gasteiger partial charge in [-0.3, -0.25) is 4.79 Å². The van der Waals surface area contributed by atoms with Crippen molar-refractivity contribution >= 4 is 17.5 Å². The van der Waals surface area contributed by atoms with Crippen LogP contribution in [0.2, 0.25) is 0 Å². The number of carbonyl (C=O) groups is 1. The van der Waals surface area contributed by atoms with Gasteiger partial charge in [0.05, 0.1) is 6.10 Å². The van der Waals surface area contributed by atoms with Crippen LogP contribution in [-0.2, 0) is 10.6 Å². The van der Waals surface area contributed by atoms with Gasteiger partial charge in [0.15, 0.2) is 0 Å². The van der Waals surface area contributed by atoms with E-state index in [2.05, 4.69) is 5.32 Å². The van der Waals surface area contributed by atoms with E-state index in [0.717, 1.165) is 31.4 Å². The van der Waals surface area contributed by atoms with Crippen molar-refractivity contribution in [3.05, 3.63) is 35.4 Å². The Morgan fingerprint density at radius 2 is 2.39 bits per heavy atom. The number of ether oxygens (including phenoxy) is 1. The van der Waals surface area contributed by atoms with Crippen LogP contribution >= 0.6 is 11.6 Å². The van der Waals surface area contributed by atoms with E-state index in [0.29, 0.717) is 24.1 Å². The number of amides is 1. The highest BCUT2D eigenvalue weighted by molar-refractivity contribution is 6.17. The van der Waals surface area contributed by atoms with Crippen LogP contribution < -0.4 is 5.32 Å². The van der Waals surface area contributed by atoms with Crippen molar-refractivity contribution in [3.63, 3.8) is 0 Å². The molecule has 1 saturated heterocycles. The minimum atomic E-state index is -0.0417. The van der Waals surface area contributed by atoms with Gasteiger partial charge in [0.25, 0.3) is 5.91 Å². The summed E-state index contributed by atoms with van der Waals surface area (Å²) >= 11 is 5.75. The number of halogens is 1. The fraction of sp³-hybridized carbons (Fsp3) is 0.500. The van der Waals surface area contributed by atoms with Crippen LogP contribution in [0.3, 0.4) is 0 Å². The van der Waals surface area contributed by atoms with Crippen molar-refractivity contribution in [2.45, 2.75) is 31.2 Å². The van der Waals surface area contributed by atoms with Crippen LogP contribution in [0.5, 0.6) is 0 Å². The molecule has 18 heavy (non-hydrogen) atoms. The largest absolute Gasteiger partial charge is 0.378 e. The molecule has 3 nitrogen and oxygen atoms in total. The van der Waals surface area contributed by atoms with Gasteiger partial charge in [-0.2, -0.15) is 0 Å². The number of benzene rings is 1. The Labute approximate surface area is 112 Å². The lowest BCUT2D eigenvalue weighted by Gasteiger charge is -2.10. The van der Waals surface area contributed by atoms with Gasteiger partial charge >= 0.3 is 0 Å². The zero-order valence-corrected chi connectivity index (χ0v) is 11.1. The lowest BCUT2D eigenvalue weighted by molar-refractivity contribution is 0.0907. The maximum atomic E-state index is 11.9. The van der Waals surface area contributed by atoms with Crippen LogP contribution in [0.15, 0.2) is 24.3 Å². The number of nitrogens with one attached hydrogen (secondary N) is 1. The average Bonchev–Trinajstić information content (AvgIpc) is 2.92. The molecule has 1 aromatic carbocycles. The molecule has 0 aliphatic carbocycles. The zero-order valence-electron chi connectivity index (χ0n) is 10.3. The molecule has 0 aromatic heterocycles. The number of hydrogen-bond acceptors (Lipinski definition) is 2. The first-order valence-electron chi connectivity index (χ1n) is 6.34. The van der Waals surface area contributed by atoms with E-state index in [1.165, 1.54) is 0 Å². The van der Waals surface area contributed by atoms with E-state index in [4.69, 9.17) is 16.3 Å². The maximum absolute atomic E-state index is 11.9. The maximum Gasteiger partial charge on any atom is 0.251 e. The number of carbonyl (C=O) groups excluding carboxylic acids is 1. The molecule has 1 aromatic rings. The minimum absolute atomic E-state index is 0.0417. The molecule has 0 spiro atoms. The Bertz CT molecular complexity index is 403. The van der Waals surface area contributed by atoms with E-state index < -0.39 is 0 Å². The summed E-state index contributed by atoms with van der Waals surface area (Å²) in [6.07, 6.45) is 3.45. The number of alkyl halides is 1. The third kappa shape index (κ3) is 3.72. The molecule has 1 aliphatic heterocycles. The van der Waals surface area contributed by atoms with E-state index in [9.17, 15) is 4.79 Å². The monoisotopic (exact) mass is 267 g/mol. The summed E-state index contributed by atoms with van der Waals surface area (Å²) in [5, 5.41) is 2.92. The normalized spacial score (nSPS) is 18.8. The highest BCUT2D eigenvalue weighted by Gasteiger charge is 2.15. The molecular weight excluding hydrogens is 250 g/mol. The second-order valence-electron chi connectivity index (χ2n) is 4.51. The lowest BCUT2D eigenvalue weighted by atomic mass is 10.1. The molecule has 4 heteroatoms. The quantitative estimate of drug-likeness (QED) is 0.833. The van der Waals surface area contributed by atoms with Gasteiger partial charge in [-0.1, -0.05) is 12.1 Å². The smallest absolute Gasteiger partial charge is 0.251 e. The molecule has 0 saturated carbocycles. The van der Waals surface area contributed by atoms with Crippen molar-refractivity contribution in [2.24, 2.45) is 0 Å². The Hall–Kier alpha value is -1.06. The lowest BCUT2D eigenvalue weighted by Crippen LogP contribution is -2.27. The summed E-state index contributed by atoms with van der Waals surface area (Å²) in [4.78, 5) is 11.9. The molecule has 1 heterocycles. The summed E-state index contributed by atoms with van der Waals surface area (Å²) in [7, 11) is 0. The molecule has 0 radical (unpaired) electrons. The highest BCUT2D eigenvalue weighted by atomic mass is 35.5. The van der Waals surface area contributed by atoms with Crippen LogP contribution in [-0.4, -0.2) is 25.2 Å². The van der Waals surface area contributed by atoms with Gasteiger partial charge in [-0.25, -0.2) is 0 Å². The van der Waals surface area contributed by atoms with Crippen molar-refractivity contribution in [2.75, 3.05) is 13.2 Å². The van der Waals surface area contributed by atoms with E-state index in [-0.39, 0.29) is 5.91 Å². The summed E-state index contributed by atoms with van der Waals surface area (Å²) in [5.41, 5.74) is 1.63. The van der Waals surface area contributed by atoms with E-state index in [1.807, 2.05) is 18.2 Å². The molecule has 1 aliphatic rings. The molecule has 0 bridgehead atoms. The number of hydrogen-bond donors (Lipinski definition) is 1. The Morgan fingerprint density at radius 3 is 3.11 bits per heavy atom. The molecule has 2 rings (SSSR count). The van der Waals surface area contributed by atoms with E-state index in [1.54, 1.807) is 6.07 Å². The molecule has 1 atom stereocenters. The van der Waals surface area contributed by atoms with Gasteiger partial charge in [0, 0.05) is 24.6 Å². The average molecular weight is 268 g/mol. The van der Waals surface area contributed by atoms with Crippen molar-refractivity contribution in [3.8, 4) is 0 Å². The fourth-order valence-electron chi connectivity index (χ4n) is 2.12. The first-order chi connectivity index (χ1) is 8.79. The van der Waals surface area contributed by atoms with Gasteiger partial charge in [-0.05, 0) is 37.0 Å². The minimum Gasteiger partial charge on any atom is -0.378 e. The van der Waals surface area contributed by atoms with Crippen LogP contribution in [0.1, 0.15) is 35.2 Å². The van der Waals surface area contributed by atoms with Crippen LogP contribution in [0, 0.1) is 0 Å². The predicted octanol–water partition coefficient (Wildman–Crippen LogP) is 2.72. The van der Waals surface area contributed by atoms with Crippen molar-refractivity contribution in [1.82, 2.24) is 5.32 Å². The first-order valence-corrected chi connectivity index (χ1v) is 6.88. The molecule has 1 N–H and O–H groups in total. The topological polar surface area (TPSA) is 38.3 Å². The Balaban J connectivity index is 1.79. The third-order valence-electron chi connectivity index (χ3n) is 3.12. The van der Waals surface area contributed by atoms with Gasteiger partial charge < -0.3 is 10.1 Å². The first kappa shape index (κ1) is 13.4. The van der Waals surface area contributed by atoms with Gasteiger partial charge in [0.2, 0.25) is 0 Å². The summed E-state index contributed by atoms with van der Waals surface area (Å²) < 4.78 is 5.51. The van der Waals surface area contributed by atoms with Crippen LogP contribution in [0.4, 0.5) is 0 Å². The summed E-state index contributed by atoms with van der Waals surface area (Å²) in [6, 6.07) is 7.40. The summed E-state index contributed by atoms with van der Waals surface area (Å²) in [6.45, 7) is 1.52. The predicted molar refractivity (Wildman–Crippen MR) is 71.9 cm³/mol. The van der Waals surface area contributed by atoms with Crippen LogP contribution in [0.25, 0.3) is 0 Å². The SMILES string of the molecule is O=C(NCCC1CCCO1)c1cccc(CCl)c1. The number of rotatable bonds is 5. The second-order valence-corrected chi connectivity index (χ2v) is 4.78. The third-order valence-corrected chi connectivity index (χ3v) is 3.43. The molecule has 1 amide bonds. The molecule has 98 valence electrons. The van der Waals surface area contributed by atoms with Crippen molar-refractivity contribution in [1.29, 1.82) is 0 Å². The molecule has 1 unspecified atom stereocenters. The van der Waals surface area contributed by atoms with Gasteiger partial charge in [0.1, 0.15) is 0 Å². The highest BCUT2D eigenvalue weighted by Crippen LogP contribution is 2.14. The standard InChI is InChI=1S/C14H18ClNO2/c15-10-11-3-1-4-12(9-11)14(17)16-7-6-13-5-2-8-18-13/h1,3-4,9,13H,2,5-8,10H2,(H,16,17). The second kappa shape index (κ2) is 6.76. The zero-order chi connectivity index (χ0) is 12.8. The van der Waals surface area contributed by atoms with Crippen molar-refractivity contribution < 1.29 is 9.53 Å². The Kier molecular flexibility index (Phi) is 5.02. The van der Waals surface area contributed by atoms with Gasteiger partial charge in [-0.15, -0.1) is 11.6 Å².